The Bertz CT molecular complexity index is 191. The van der Waals surface area contributed by atoms with E-state index in [1.54, 1.807) is 0 Å². The van der Waals surface area contributed by atoms with Gasteiger partial charge >= 0.3 is 0 Å². The Hall–Kier alpha value is -0.0200. The maximum Gasteiger partial charge on any atom is 0.168 e. The van der Waals surface area contributed by atoms with Crippen LogP contribution in [0.15, 0.2) is 4.99 Å². The third-order valence-corrected chi connectivity index (χ3v) is 2.66. The van der Waals surface area contributed by atoms with Gasteiger partial charge in [-0.3, -0.25) is 4.99 Å². The monoisotopic (exact) mass is 173 g/mol. The number of hydrogen-bond donors (Lipinski definition) is 1. The minimum absolute atomic E-state index is 0.141. The van der Waals surface area contributed by atoms with E-state index in [0.29, 0.717) is 0 Å². The van der Waals surface area contributed by atoms with Gasteiger partial charge in [0.2, 0.25) is 0 Å². The summed E-state index contributed by atoms with van der Waals surface area (Å²) in [7, 11) is 0. The summed E-state index contributed by atoms with van der Waals surface area (Å²) >= 11 is 4.33. The maximum atomic E-state index is 5.64. The molecule has 11 heavy (non-hydrogen) atoms. The Kier molecular flexibility index (Phi) is 2.30. The van der Waals surface area contributed by atoms with Gasteiger partial charge in [-0.25, -0.2) is 0 Å². The molecule has 64 valence electrons. The van der Waals surface area contributed by atoms with Gasteiger partial charge in [-0.05, 0) is 27.7 Å². The van der Waals surface area contributed by atoms with Crippen molar-refractivity contribution in [3.8, 4) is 0 Å². The van der Waals surface area contributed by atoms with E-state index in [2.05, 4.69) is 17.6 Å². The molecule has 0 N–H and O–H groups in total. The van der Waals surface area contributed by atoms with Gasteiger partial charge in [0.05, 0.1) is 6.10 Å². The highest BCUT2D eigenvalue weighted by Crippen LogP contribution is 2.29. The number of rotatable bonds is 1. The predicted molar refractivity (Wildman–Crippen MR) is 50.5 cm³/mol. The van der Waals surface area contributed by atoms with E-state index >= 15 is 0 Å². The Morgan fingerprint density at radius 3 is 2.45 bits per heavy atom. The molecule has 0 saturated heterocycles. The van der Waals surface area contributed by atoms with Crippen molar-refractivity contribution >= 4 is 18.3 Å². The molecule has 3 atom stereocenters. The third-order valence-electron chi connectivity index (χ3n) is 2.18. The van der Waals surface area contributed by atoms with Crippen molar-refractivity contribution in [2.45, 2.75) is 44.8 Å². The molecular formula is C8H15NOS. The predicted octanol–water partition coefficient (Wildman–Crippen LogP) is 1.90. The lowest BCUT2D eigenvalue weighted by molar-refractivity contribution is -0.0197. The SMILES string of the molecule is CC1=NC(C)(C(C)S)OC1C. The van der Waals surface area contributed by atoms with Crippen molar-refractivity contribution in [2.75, 3.05) is 0 Å². The molecule has 0 radical (unpaired) electrons. The number of ether oxygens (including phenoxy) is 1. The number of aliphatic imine (C=N–C) groups is 1. The van der Waals surface area contributed by atoms with Crippen LogP contribution in [0.5, 0.6) is 0 Å². The van der Waals surface area contributed by atoms with E-state index < -0.39 is 5.72 Å². The van der Waals surface area contributed by atoms with E-state index in [9.17, 15) is 0 Å². The molecule has 0 aromatic rings. The summed E-state index contributed by atoms with van der Waals surface area (Å²) in [6, 6.07) is 0. The van der Waals surface area contributed by atoms with Gasteiger partial charge in [-0.15, -0.1) is 0 Å². The minimum Gasteiger partial charge on any atom is -0.344 e. The van der Waals surface area contributed by atoms with Crippen molar-refractivity contribution < 1.29 is 4.74 Å². The van der Waals surface area contributed by atoms with Crippen LogP contribution in [0.4, 0.5) is 0 Å². The molecule has 0 aromatic heterocycles. The van der Waals surface area contributed by atoms with E-state index in [0.717, 1.165) is 5.71 Å². The minimum atomic E-state index is -0.410. The molecule has 0 bridgehead atoms. The lowest BCUT2D eigenvalue weighted by atomic mass is 10.2. The number of nitrogens with zero attached hydrogens (tertiary/aromatic N) is 1. The zero-order valence-electron chi connectivity index (χ0n) is 7.46. The van der Waals surface area contributed by atoms with Crippen molar-refractivity contribution in [2.24, 2.45) is 4.99 Å². The zero-order chi connectivity index (χ0) is 8.65. The Balaban J connectivity index is 2.79. The molecule has 0 aliphatic carbocycles. The second-order valence-corrected chi connectivity index (χ2v) is 4.02. The Morgan fingerprint density at radius 2 is 2.27 bits per heavy atom. The second-order valence-electron chi connectivity index (χ2n) is 3.24. The summed E-state index contributed by atoms with van der Waals surface area (Å²) in [4.78, 5) is 4.42. The molecule has 2 nitrogen and oxygen atoms in total. The van der Waals surface area contributed by atoms with Gasteiger partial charge in [0.25, 0.3) is 0 Å². The summed E-state index contributed by atoms with van der Waals surface area (Å²) in [5, 5.41) is 0.141. The molecule has 0 saturated carbocycles. The molecule has 1 aliphatic rings. The molecule has 0 spiro atoms. The molecule has 1 aliphatic heterocycles. The molecule has 0 fully saturated rings. The average Bonchev–Trinajstić information content (AvgIpc) is 2.09. The first kappa shape index (κ1) is 9.07. The van der Waals surface area contributed by atoms with Crippen LogP contribution in [0.3, 0.4) is 0 Å². The Morgan fingerprint density at radius 1 is 1.73 bits per heavy atom. The number of thiol groups is 1. The third kappa shape index (κ3) is 1.59. The summed E-state index contributed by atoms with van der Waals surface area (Å²) in [6.07, 6.45) is 0.148. The first-order chi connectivity index (χ1) is 4.96. The Labute approximate surface area is 73.5 Å². The van der Waals surface area contributed by atoms with Gasteiger partial charge in [-0.1, -0.05) is 0 Å². The largest absolute Gasteiger partial charge is 0.344 e. The maximum absolute atomic E-state index is 5.64. The van der Waals surface area contributed by atoms with Crippen LogP contribution in [0, 0.1) is 0 Å². The second kappa shape index (κ2) is 2.79. The smallest absolute Gasteiger partial charge is 0.168 e. The van der Waals surface area contributed by atoms with Gasteiger partial charge in [0, 0.05) is 11.0 Å². The molecule has 3 heteroatoms. The van der Waals surface area contributed by atoms with Crippen LogP contribution in [-0.4, -0.2) is 22.8 Å². The van der Waals surface area contributed by atoms with Crippen LogP contribution in [0.1, 0.15) is 27.7 Å². The lowest BCUT2D eigenvalue weighted by Crippen LogP contribution is -2.33. The van der Waals surface area contributed by atoms with Gasteiger partial charge in [0.1, 0.15) is 0 Å². The van der Waals surface area contributed by atoms with E-state index in [1.165, 1.54) is 0 Å². The molecule has 0 amide bonds. The quantitative estimate of drug-likeness (QED) is 0.601. The van der Waals surface area contributed by atoms with Crippen molar-refractivity contribution in [1.29, 1.82) is 0 Å². The normalized spacial score (nSPS) is 40.5. The summed E-state index contributed by atoms with van der Waals surface area (Å²) in [5.74, 6) is 0. The van der Waals surface area contributed by atoms with E-state index in [4.69, 9.17) is 4.74 Å². The summed E-state index contributed by atoms with van der Waals surface area (Å²) in [5.41, 5.74) is 0.653. The van der Waals surface area contributed by atoms with E-state index in [1.807, 2.05) is 27.7 Å². The number of hydrogen-bond acceptors (Lipinski definition) is 3. The van der Waals surface area contributed by atoms with Crippen molar-refractivity contribution in [3.05, 3.63) is 0 Å². The van der Waals surface area contributed by atoms with E-state index in [-0.39, 0.29) is 11.4 Å². The first-order valence-corrected chi connectivity index (χ1v) is 4.39. The van der Waals surface area contributed by atoms with Crippen molar-refractivity contribution in [1.82, 2.24) is 0 Å². The van der Waals surface area contributed by atoms with Gasteiger partial charge in [0.15, 0.2) is 5.72 Å². The molecule has 0 aromatic carbocycles. The lowest BCUT2D eigenvalue weighted by Gasteiger charge is -2.25. The van der Waals surface area contributed by atoms with Crippen LogP contribution >= 0.6 is 12.6 Å². The summed E-state index contributed by atoms with van der Waals surface area (Å²) in [6.45, 7) is 7.97. The summed E-state index contributed by atoms with van der Waals surface area (Å²) < 4.78 is 5.64. The molecule has 1 rings (SSSR count). The van der Waals surface area contributed by atoms with Crippen molar-refractivity contribution in [3.63, 3.8) is 0 Å². The topological polar surface area (TPSA) is 21.6 Å². The van der Waals surface area contributed by atoms with Crippen LogP contribution < -0.4 is 0 Å². The average molecular weight is 173 g/mol. The zero-order valence-corrected chi connectivity index (χ0v) is 8.35. The fourth-order valence-electron chi connectivity index (χ4n) is 1.10. The fourth-order valence-corrected chi connectivity index (χ4v) is 1.22. The highest BCUT2D eigenvalue weighted by Gasteiger charge is 2.37. The molecule has 1 heterocycles. The molecule has 3 unspecified atom stereocenters. The highest BCUT2D eigenvalue weighted by molar-refractivity contribution is 7.81. The van der Waals surface area contributed by atoms with Crippen LogP contribution in [0.25, 0.3) is 0 Å². The standard InChI is InChI=1S/C8H15NOS/c1-5-6(2)10-8(4,9-5)7(3)11/h6-7,11H,1-4H3. The highest BCUT2D eigenvalue weighted by atomic mass is 32.1. The fraction of sp³-hybridized carbons (Fsp3) is 0.875. The first-order valence-electron chi connectivity index (χ1n) is 3.88. The van der Waals surface area contributed by atoms with Crippen LogP contribution in [0.2, 0.25) is 0 Å². The van der Waals surface area contributed by atoms with Gasteiger partial charge < -0.3 is 4.74 Å². The molecular weight excluding hydrogens is 158 g/mol. The van der Waals surface area contributed by atoms with Gasteiger partial charge in [-0.2, -0.15) is 12.6 Å². The van der Waals surface area contributed by atoms with Crippen LogP contribution in [-0.2, 0) is 4.74 Å².